The molecule has 238 valence electrons. The molecule has 2 aliphatic rings. The molecule has 0 aliphatic carbocycles. The van der Waals surface area contributed by atoms with Crippen molar-refractivity contribution in [1.29, 1.82) is 0 Å². The van der Waals surface area contributed by atoms with Crippen molar-refractivity contribution in [2.45, 2.75) is 22.4 Å². The molecule has 2 aliphatic heterocycles. The smallest absolute Gasteiger partial charge is 0.418 e. The fraction of sp³-hybridized carbons (Fsp3) is 0.152. The second-order valence-electron chi connectivity index (χ2n) is 10.8. The number of H-pyrrole nitrogens is 1. The number of hydrogen-bond acceptors (Lipinski definition) is 7. The number of fused-ring (bicyclic) bond motifs is 3. The van der Waals surface area contributed by atoms with Crippen LogP contribution in [-0.2, 0) is 20.6 Å². The Bertz CT molecular complexity index is 2140. The predicted molar refractivity (Wildman–Crippen MR) is 176 cm³/mol. The van der Waals surface area contributed by atoms with Gasteiger partial charge in [-0.05, 0) is 41.8 Å². The first-order valence-electron chi connectivity index (χ1n) is 14.1. The number of amides is 3. The van der Waals surface area contributed by atoms with Gasteiger partial charge in [-0.15, -0.1) is 0 Å². The highest BCUT2D eigenvalue weighted by atomic mass is 79.9. The number of carbonyl (C=O) groups excluding carboxylic acids is 3. The van der Waals surface area contributed by atoms with Crippen molar-refractivity contribution in [3.8, 4) is 5.75 Å². The number of nitrogens with one attached hydrogen (secondary N) is 2. The summed E-state index contributed by atoms with van der Waals surface area (Å²) in [6, 6.07) is 22.4. The van der Waals surface area contributed by atoms with Crippen molar-refractivity contribution in [3.05, 3.63) is 115 Å². The molecule has 14 heteroatoms. The number of halogens is 4. The largest absolute Gasteiger partial charge is 0.483 e. The number of carbonyl (C=O) groups is 3. The van der Waals surface area contributed by atoms with Crippen molar-refractivity contribution in [1.82, 2.24) is 4.98 Å². The monoisotopic (exact) mass is 739 g/mol. The molecule has 1 aromatic heterocycles. The number of hydrogen-bond donors (Lipinski definition) is 2. The Morgan fingerprint density at radius 2 is 1.70 bits per heavy atom. The standard InChI is InChI=1S/C33H21BrF3N3O5S2/c34-17-12-13-23(45-15-24(41)38-21-10-5-7-16-6-1-2-8-18(16)21)19(14-17)25-26-28(46-29-27(25)47-32(44)39-29)31(43)40(30(26)42)22-11-4-3-9-20(22)33(35,36)37/h1-14,25-26,28H,15H2,(H,38,41)(H,39,44)/t25-,26?,28?/m1/s1. The van der Waals surface area contributed by atoms with Crippen LogP contribution in [0.5, 0.6) is 5.75 Å². The summed E-state index contributed by atoms with van der Waals surface area (Å²) in [5, 5.41) is 3.85. The molecular formula is C33H21BrF3N3O5S2. The van der Waals surface area contributed by atoms with Crippen LogP contribution in [0.1, 0.15) is 21.9 Å². The molecular weight excluding hydrogens is 719 g/mol. The van der Waals surface area contributed by atoms with Gasteiger partial charge in [0.2, 0.25) is 11.8 Å². The molecule has 1 fully saturated rings. The van der Waals surface area contributed by atoms with Crippen LogP contribution < -0.4 is 19.8 Å². The molecule has 4 aromatic carbocycles. The number of nitrogens with zero attached hydrogens (tertiary/aromatic N) is 1. The SMILES string of the molecule is O=C(COc1ccc(Br)cc1[C@H]1c2sc(=O)[nH]c2SC2C(=O)N(c3ccccc3C(F)(F)F)C(=O)C21)Nc1cccc2ccccc12. The summed E-state index contributed by atoms with van der Waals surface area (Å²) in [6.07, 6.45) is -4.82. The third kappa shape index (κ3) is 5.63. The number of anilines is 2. The third-order valence-corrected chi connectivity index (χ3v) is 10.9. The lowest BCUT2D eigenvalue weighted by molar-refractivity contribution is -0.137. The van der Waals surface area contributed by atoms with Gasteiger partial charge >= 0.3 is 11.0 Å². The molecule has 0 bridgehead atoms. The van der Waals surface area contributed by atoms with Crippen LogP contribution in [0.4, 0.5) is 24.5 Å². The van der Waals surface area contributed by atoms with Crippen LogP contribution >= 0.6 is 39.0 Å². The Morgan fingerprint density at radius 1 is 0.957 bits per heavy atom. The lowest BCUT2D eigenvalue weighted by atomic mass is 9.82. The molecule has 7 rings (SSSR count). The molecule has 0 spiro atoms. The Hall–Kier alpha value is -4.40. The van der Waals surface area contributed by atoms with E-state index < -0.39 is 63.7 Å². The zero-order chi connectivity index (χ0) is 33.0. The number of benzene rings is 4. The normalized spacial score (nSPS) is 19.1. The van der Waals surface area contributed by atoms with E-state index in [0.717, 1.165) is 46.0 Å². The van der Waals surface area contributed by atoms with Gasteiger partial charge in [-0.25, -0.2) is 4.90 Å². The second kappa shape index (κ2) is 12.0. The number of aromatic amines is 1. The molecule has 3 amide bonds. The number of thiazole rings is 1. The maximum absolute atomic E-state index is 14.1. The highest BCUT2D eigenvalue weighted by molar-refractivity contribution is 9.10. The number of alkyl halides is 3. The van der Waals surface area contributed by atoms with E-state index in [-0.39, 0.29) is 5.75 Å². The van der Waals surface area contributed by atoms with E-state index in [9.17, 15) is 32.3 Å². The molecule has 47 heavy (non-hydrogen) atoms. The van der Waals surface area contributed by atoms with E-state index in [2.05, 4.69) is 26.2 Å². The zero-order valence-corrected chi connectivity index (χ0v) is 27.1. The van der Waals surface area contributed by atoms with Crippen LogP contribution in [0.15, 0.2) is 99.2 Å². The number of rotatable bonds is 6. The van der Waals surface area contributed by atoms with Gasteiger partial charge in [0.05, 0.1) is 22.2 Å². The summed E-state index contributed by atoms with van der Waals surface area (Å²) in [7, 11) is 0. The van der Waals surface area contributed by atoms with Crippen LogP contribution in [0.25, 0.3) is 10.8 Å². The summed E-state index contributed by atoms with van der Waals surface area (Å²) < 4.78 is 48.6. The van der Waals surface area contributed by atoms with Gasteiger partial charge in [-0.2, -0.15) is 13.2 Å². The molecule has 2 N–H and O–H groups in total. The average Bonchev–Trinajstić information content (AvgIpc) is 3.54. The fourth-order valence-electron chi connectivity index (χ4n) is 6.06. The highest BCUT2D eigenvalue weighted by Gasteiger charge is 2.57. The number of ether oxygens (including phenoxy) is 1. The Labute approximate surface area is 281 Å². The quantitative estimate of drug-likeness (QED) is 0.179. The van der Waals surface area contributed by atoms with E-state index in [1.807, 2.05) is 36.4 Å². The Morgan fingerprint density at radius 3 is 2.51 bits per heavy atom. The van der Waals surface area contributed by atoms with Crippen LogP contribution in [0.3, 0.4) is 0 Å². The first kappa shape index (κ1) is 31.2. The van der Waals surface area contributed by atoms with Crippen molar-refractivity contribution < 1.29 is 32.3 Å². The second-order valence-corrected chi connectivity index (χ2v) is 13.9. The summed E-state index contributed by atoms with van der Waals surface area (Å²) in [5.74, 6) is -4.03. The first-order chi connectivity index (χ1) is 22.5. The van der Waals surface area contributed by atoms with Crippen LogP contribution in [-0.4, -0.2) is 34.6 Å². The minimum absolute atomic E-state index is 0.207. The maximum atomic E-state index is 14.1. The number of thioether (sulfide) groups is 1. The highest BCUT2D eigenvalue weighted by Crippen LogP contribution is 2.55. The van der Waals surface area contributed by atoms with Crippen molar-refractivity contribution in [2.24, 2.45) is 5.92 Å². The summed E-state index contributed by atoms with van der Waals surface area (Å²) in [6.45, 7) is -0.415. The van der Waals surface area contributed by atoms with Gasteiger partial charge in [-0.1, -0.05) is 87.6 Å². The predicted octanol–water partition coefficient (Wildman–Crippen LogP) is 7.18. The van der Waals surface area contributed by atoms with Gasteiger partial charge in [0.25, 0.3) is 5.91 Å². The molecule has 0 radical (unpaired) electrons. The third-order valence-electron chi connectivity index (χ3n) is 8.00. The van der Waals surface area contributed by atoms with E-state index in [4.69, 9.17) is 4.74 Å². The number of imide groups is 1. The summed E-state index contributed by atoms with van der Waals surface area (Å²) in [4.78, 5) is 56.9. The van der Waals surface area contributed by atoms with E-state index in [0.29, 0.717) is 30.5 Å². The molecule has 0 saturated carbocycles. The maximum Gasteiger partial charge on any atom is 0.418 e. The van der Waals surface area contributed by atoms with Gasteiger partial charge < -0.3 is 15.0 Å². The number of aromatic nitrogens is 1. The lowest BCUT2D eigenvalue weighted by Gasteiger charge is -2.31. The minimum Gasteiger partial charge on any atom is -0.483 e. The van der Waals surface area contributed by atoms with Crippen molar-refractivity contribution in [2.75, 3.05) is 16.8 Å². The van der Waals surface area contributed by atoms with E-state index in [1.54, 1.807) is 24.3 Å². The minimum atomic E-state index is -4.82. The topological polar surface area (TPSA) is 109 Å². The van der Waals surface area contributed by atoms with Crippen LogP contribution in [0.2, 0.25) is 0 Å². The van der Waals surface area contributed by atoms with Crippen molar-refractivity contribution in [3.63, 3.8) is 0 Å². The summed E-state index contributed by atoms with van der Waals surface area (Å²) >= 11 is 5.23. The molecule has 3 heterocycles. The molecule has 5 aromatic rings. The van der Waals surface area contributed by atoms with Gasteiger partial charge in [0.15, 0.2) is 6.61 Å². The van der Waals surface area contributed by atoms with Gasteiger partial charge in [-0.3, -0.25) is 19.2 Å². The van der Waals surface area contributed by atoms with E-state index >= 15 is 0 Å². The Kier molecular flexibility index (Phi) is 7.97. The average molecular weight is 741 g/mol. The summed E-state index contributed by atoms with van der Waals surface area (Å²) in [5.41, 5.74) is -0.697. The molecule has 8 nitrogen and oxygen atoms in total. The zero-order valence-electron chi connectivity index (χ0n) is 23.8. The van der Waals surface area contributed by atoms with Gasteiger partial charge in [0, 0.05) is 31.9 Å². The van der Waals surface area contributed by atoms with Gasteiger partial charge in [0.1, 0.15) is 11.0 Å². The lowest BCUT2D eigenvalue weighted by Crippen LogP contribution is -2.33. The first-order valence-corrected chi connectivity index (χ1v) is 16.6. The molecule has 2 unspecified atom stereocenters. The molecule has 1 saturated heterocycles. The van der Waals surface area contributed by atoms with Crippen LogP contribution in [0, 0.1) is 5.92 Å². The van der Waals surface area contributed by atoms with Crippen molar-refractivity contribution >= 4 is 78.9 Å². The molecule has 3 atom stereocenters. The number of para-hydroxylation sites is 1. The fourth-order valence-corrected chi connectivity index (χ4v) is 8.94. The van der Waals surface area contributed by atoms with E-state index in [1.165, 1.54) is 12.1 Å². The Balaban J connectivity index is 1.25.